The quantitative estimate of drug-likeness (QED) is 0.403. The number of fused-ring (bicyclic) bond motifs is 5. The van der Waals surface area contributed by atoms with Gasteiger partial charge in [-0.2, -0.15) is 0 Å². The number of carbonyl (C=O) groups excluding carboxylic acids is 3. The Morgan fingerprint density at radius 1 is 0.923 bits per heavy atom. The van der Waals surface area contributed by atoms with Gasteiger partial charge in [0, 0.05) is 12.1 Å². The highest BCUT2D eigenvalue weighted by Gasteiger charge is 2.53. The van der Waals surface area contributed by atoms with E-state index in [0.717, 1.165) is 5.56 Å². The van der Waals surface area contributed by atoms with E-state index in [1.165, 1.54) is 56.6 Å². The molecule has 39 heavy (non-hydrogen) atoms. The van der Waals surface area contributed by atoms with Gasteiger partial charge in [-0.05, 0) is 61.1 Å². The van der Waals surface area contributed by atoms with Gasteiger partial charge in [0.15, 0.2) is 11.5 Å². The first-order valence-corrected chi connectivity index (χ1v) is 12.4. The summed E-state index contributed by atoms with van der Waals surface area (Å²) in [6, 6.07) is 5.09. The van der Waals surface area contributed by atoms with Gasteiger partial charge in [0.1, 0.15) is 11.8 Å². The third-order valence-electron chi connectivity index (χ3n) is 7.62. The van der Waals surface area contributed by atoms with Gasteiger partial charge in [-0.25, -0.2) is 0 Å². The molecule has 3 aliphatic heterocycles. The molecule has 2 bridgehead atoms. The SMILES string of the molecule is COc1cc(C(=O)C(=O)N2C3CCCC2[C@@H]2Cc4cc(OC(F)(F)F)ccc4CN2C3=O)cc(OC)c1OC. The van der Waals surface area contributed by atoms with Crippen LogP contribution in [-0.2, 0) is 22.6 Å². The second-order valence-corrected chi connectivity index (χ2v) is 9.69. The van der Waals surface area contributed by atoms with Gasteiger partial charge in [0.25, 0.3) is 11.7 Å². The number of amides is 2. The molecule has 5 rings (SSSR count). The number of nitrogens with zero attached hydrogens (tertiary/aromatic N) is 2. The van der Waals surface area contributed by atoms with E-state index in [0.29, 0.717) is 24.8 Å². The van der Waals surface area contributed by atoms with Gasteiger partial charge in [-0.3, -0.25) is 14.4 Å². The summed E-state index contributed by atoms with van der Waals surface area (Å²) in [5.74, 6) is -1.60. The molecule has 2 unspecified atom stereocenters. The zero-order valence-corrected chi connectivity index (χ0v) is 21.5. The lowest BCUT2D eigenvalue weighted by molar-refractivity contribution is -0.274. The van der Waals surface area contributed by atoms with E-state index in [1.54, 1.807) is 4.90 Å². The Kier molecular flexibility index (Phi) is 6.81. The molecule has 3 heterocycles. The van der Waals surface area contributed by atoms with E-state index >= 15 is 0 Å². The van der Waals surface area contributed by atoms with E-state index in [4.69, 9.17) is 14.2 Å². The number of Topliss-reactive ketones (excluding diaryl/α,β-unsaturated/α-hetero) is 1. The van der Waals surface area contributed by atoms with E-state index in [9.17, 15) is 27.6 Å². The van der Waals surface area contributed by atoms with E-state index < -0.39 is 36.2 Å². The Balaban J connectivity index is 1.46. The molecule has 0 saturated carbocycles. The maximum atomic E-state index is 13.7. The fourth-order valence-electron chi connectivity index (χ4n) is 5.95. The number of alkyl halides is 3. The second-order valence-electron chi connectivity index (χ2n) is 9.69. The zero-order valence-electron chi connectivity index (χ0n) is 21.5. The van der Waals surface area contributed by atoms with Crippen molar-refractivity contribution in [2.24, 2.45) is 0 Å². The summed E-state index contributed by atoms with van der Waals surface area (Å²) in [6.45, 7) is 0.209. The Labute approximate surface area is 222 Å². The first-order valence-electron chi connectivity index (χ1n) is 12.4. The summed E-state index contributed by atoms with van der Waals surface area (Å²) in [5.41, 5.74) is 1.35. The van der Waals surface area contributed by atoms with Crippen molar-refractivity contribution >= 4 is 17.6 Å². The number of ether oxygens (including phenoxy) is 4. The summed E-state index contributed by atoms with van der Waals surface area (Å²) >= 11 is 0. The minimum absolute atomic E-state index is 0.0189. The van der Waals surface area contributed by atoms with Crippen LogP contribution in [-0.4, -0.2) is 73.2 Å². The monoisotopic (exact) mass is 548 g/mol. The maximum Gasteiger partial charge on any atom is 0.573 e. The van der Waals surface area contributed by atoms with Gasteiger partial charge in [0.05, 0.1) is 33.4 Å². The molecule has 2 amide bonds. The predicted molar refractivity (Wildman–Crippen MR) is 130 cm³/mol. The van der Waals surface area contributed by atoms with Crippen LogP contribution < -0.4 is 18.9 Å². The largest absolute Gasteiger partial charge is 0.573 e. The molecule has 2 aromatic carbocycles. The Bertz CT molecular complexity index is 1300. The van der Waals surface area contributed by atoms with E-state index in [1.807, 2.05) is 0 Å². The van der Waals surface area contributed by atoms with Crippen LogP contribution in [0, 0.1) is 0 Å². The summed E-state index contributed by atoms with van der Waals surface area (Å²) in [6.07, 6.45) is -2.96. The van der Waals surface area contributed by atoms with Crippen molar-refractivity contribution in [3.63, 3.8) is 0 Å². The maximum absolute atomic E-state index is 13.7. The summed E-state index contributed by atoms with van der Waals surface area (Å²) in [4.78, 5) is 43.8. The van der Waals surface area contributed by atoms with Gasteiger partial charge < -0.3 is 28.7 Å². The number of halogens is 3. The summed E-state index contributed by atoms with van der Waals surface area (Å²) in [7, 11) is 4.20. The molecule has 0 aromatic heterocycles. The lowest BCUT2D eigenvalue weighted by Crippen LogP contribution is -2.71. The zero-order chi connectivity index (χ0) is 28.1. The molecule has 208 valence electrons. The Morgan fingerprint density at radius 2 is 1.62 bits per heavy atom. The van der Waals surface area contributed by atoms with Crippen LogP contribution in [0.5, 0.6) is 23.0 Å². The molecule has 2 fully saturated rings. The average Bonchev–Trinajstić information content (AvgIpc) is 2.92. The molecule has 0 aliphatic carbocycles. The normalized spacial score (nSPS) is 22.0. The molecule has 0 spiro atoms. The van der Waals surface area contributed by atoms with Gasteiger partial charge in [-0.1, -0.05) is 6.07 Å². The molecular formula is C27H27F3N2O7. The van der Waals surface area contributed by atoms with Crippen molar-refractivity contribution in [3.8, 4) is 23.0 Å². The molecule has 3 atom stereocenters. The minimum Gasteiger partial charge on any atom is -0.493 e. The third-order valence-corrected chi connectivity index (χ3v) is 7.62. The highest BCUT2D eigenvalue weighted by Crippen LogP contribution is 2.41. The van der Waals surface area contributed by atoms with Crippen LogP contribution in [0.1, 0.15) is 40.7 Å². The minimum atomic E-state index is -4.83. The van der Waals surface area contributed by atoms with Gasteiger partial charge >= 0.3 is 6.36 Å². The molecule has 0 N–H and O–H groups in total. The molecular weight excluding hydrogens is 521 g/mol. The number of hydrogen-bond acceptors (Lipinski definition) is 7. The Hall–Kier alpha value is -3.96. The number of carbonyl (C=O) groups is 3. The number of hydrogen-bond donors (Lipinski definition) is 0. The lowest BCUT2D eigenvalue weighted by atomic mass is 9.79. The van der Waals surface area contributed by atoms with Crippen molar-refractivity contribution in [1.29, 1.82) is 0 Å². The first kappa shape index (κ1) is 26.6. The Morgan fingerprint density at radius 3 is 2.23 bits per heavy atom. The highest BCUT2D eigenvalue weighted by molar-refractivity contribution is 6.43. The predicted octanol–water partition coefficient (Wildman–Crippen LogP) is 3.51. The standard InChI is InChI=1S/C27H27F3N2O7/c1-36-21-11-16(12-22(37-2)24(21)38-3)23(33)26(35)32-18-5-4-6-19(32)25(34)31-13-14-7-8-17(39-27(28,29)30)9-15(14)10-20(18)31/h7-9,11-12,18-20H,4-6,10,13H2,1-3H3/t18?,19?,20-/m0/s1. The van der Waals surface area contributed by atoms with Crippen LogP contribution in [0.25, 0.3) is 0 Å². The van der Waals surface area contributed by atoms with Crippen molar-refractivity contribution < 1.29 is 46.5 Å². The lowest BCUT2D eigenvalue weighted by Gasteiger charge is -2.55. The number of ketones is 1. The number of rotatable bonds is 6. The van der Waals surface area contributed by atoms with Crippen molar-refractivity contribution in [2.75, 3.05) is 21.3 Å². The topological polar surface area (TPSA) is 94.6 Å². The fraction of sp³-hybridized carbons (Fsp3) is 0.444. The molecule has 0 radical (unpaired) electrons. The number of benzene rings is 2. The van der Waals surface area contributed by atoms with E-state index in [-0.39, 0.29) is 47.4 Å². The molecule has 2 aromatic rings. The fourth-order valence-corrected chi connectivity index (χ4v) is 5.95. The van der Waals surface area contributed by atoms with Gasteiger partial charge in [-0.15, -0.1) is 13.2 Å². The third kappa shape index (κ3) is 4.72. The van der Waals surface area contributed by atoms with Crippen LogP contribution in [0.4, 0.5) is 13.2 Å². The van der Waals surface area contributed by atoms with Crippen LogP contribution in [0.15, 0.2) is 30.3 Å². The number of methoxy groups -OCH3 is 3. The molecule has 2 saturated heterocycles. The highest BCUT2D eigenvalue weighted by atomic mass is 19.4. The van der Waals surface area contributed by atoms with Crippen LogP contribution >= 0.6 is 0 Å². The average molecular weight is 549 g/mol. The van der Waals surface area contributed by atoms with Crippen LogP contribution in [0.2, 0.25) is 0 Å². The van der Waals surface area contributed by atoms with Crippen molar-refractivity contribution in [3.05, 3.63) is 47.0 Å². The second kappa shape index (κ2) is 9.97. The molecule has 3 aliphatic rings. The number of piperidine rings is 1. The first-order chi connectivity index (χ1) is 18.6. The van der Waals surface area contributed by atoms with Crippen LogP contribution in [0.3, 0.4) is 0 Å². The number of piperazine rings is 1. The smallest absolute Gasteiger partial charge is 0.493 e. The van der Waals surface area contributed by atoms with Crippen molar-refractivity contribution in [1.82, 2.24) is 9.80 Å². The van der Waals surface area contributed by atoms with Crippen molar-refractivity contribution in [2.45, 2.75) is 56.7 Å². The molecule has 12 heteroatoms. The molecule has 9 nitrogen and oxygen atoms in total. The van der Waals surface area contributed by atoms with Gasteiger partial charge in [0.2, 0.25) is 11.7 Å². The summed E-state index contributed by atoms with van der Waals surface area (Å²) < 4.78 is 58.3. The van der Waals surface area contributed by atoms with E-state index in [2.05, 4.69) is 4.74 Å². The summed E-state index contributed by atoms with van der Waals surface area (Å²) in [5, 5.41) is 0.